The zero-order valence-electron chi connectivity index (χ0n) is 71.5. The van der Waals surface area contributed by atoms with Crippen molar-refractivity contribution in [1.29, 1.82) is 0 Å². The molecular formula is C78H125N7O36. The smallest absolute Gasteiger partial charge is 0.305 e. The van der Waals surface area contributed by atoms with Gasteiger partial charge in [0.15, 0.2) is 55.5 Å². The van der Waals surface area contributed by atoms with Gasteiger partial charge in [0.25, 0.3) is 0 Å². The van der Waals surface area contributed by atoms with Crippen LogP contribution in [0, 0.1) is 0 Å². The zero-order valence-corrected chi connectivity index (χ0v) is 71.5. The topological polar surface area (TPSA) is 550 Å². The van der Waals surface area contributed by atoms with E-state index in [1.807, 2.05) is 0 Å². The Kier molecular flexibility index (Phi) is 51.2. The summed E-state index contributed by atoms with van der Waals surface area (Å²) in [5.74, 6) is -10.9. The van der Waals surface area contributed by atoms with Crippen LogP contribution in [-0.4, -0.2) is 305 Å². The lowest BCUT2D eigenvalue weighted by Crippen LogP contribution is -2.66. The summed E-state index contributed by atoms with van der Waals surface area (Å²) in [6, 6.07) is -3.74. The number of carbonyl (C=O) groups excluding carboxylic acids is 17. The number of hydrogen-bond donors (Lipinski definition) is 7. The molecule has 0 aromatic heterocycles. The largest absolute Gasteiger partial charge is 0.469 e. The fraction of sp³-hybridized carbons (Fsp3) is 0.782. The van der Waals surface area contributed by atoms with Crippen molar-refractivity contribution >= 4 is 101 Å². The SMILES string of the molecule is COC(=O)CCCCCCCCCCCC(=O)NC(CCC(=O)NCCOCCO[C@@H]1OC(COC(C)=O)[C@H](OC(C)=O)C(OC(C)=O)C1NC(C)=O)(CCC(=O)NCCOCCO[C@@H]1OC(COC(C)=O)[C@H](OC(C)=O)C(OC(C)=O)C1NC(C)=O)CCC(=O)NCCOCCO[C@@H]1OC(COC(C)=O)[C@H](OC(C)=O)C(OC(C)=O)C1NC(C)=O. The molecule has 7 amide bonds. The first kappa shape index (κ1) is 106. The predicted octanol–water partition coefficient (Wildman–Crippen LogP) is 0.0626. The van der Waals surface area contributed by atoms with Crippen LogP contribution in [0.1, 0.15) is 192 Å². The van der Waals surface area contributed by atoms with Gasteiger partial charge < -0.3 is 127 Å². The summed E-state index contributed by atoms with van der Waals surface area (Å²) < 4.78 is 106. The quantitative estimate of drug-likeness (QED) is 0.0240. The Hall–Kier alpha value is -9.37. The van der Waals surface area contributed by atoms with Crippen LogP contribution in [0.15, 0.2) is 0 Å². The van der Waals surface area contributed by atoms with E-state index in [1.165, 1.54) is 27.9 Å². The highest BCUT2D eigenvalue weighted by Crippen LogP contribution is 2.33. The van der Waals surface area contributed by atoms with Crippen LogP contribution in [0.25, 0.3) is 0 Å². The van der Waals surface area contributed by atoms with E-state index in [0.29, 0.717) is 19.3 Å². The maximum atomic E-state index is 14.3. The first-order valence-electron chi connectivity index (χ1n) is 40.4. The second-order valence-electron chi connectivity index (χ2n) is 28.7. The molecular weight excluding hydrogens is 1610 g/mol. The summed E-state index contributed by atoms with van der Waals surface area (Å²) in [5.41, 5.74) is -1.40. The van der Waals surface area contributed by atoms with Crippen LogP contribution < -0.4 is 37.2 Å². The van der Waals surface area contributed by atoms with Crippen LogP contribution in [-0.2, 0) is 172 Å². The van der Waals surface area contributed by atoms with Gasteiger partial charge in [-0.05, 0) is 32.1 Å². The number of ether oxygens (including phenoxy) is 19. The molecule has 0 saturated carbocycles. The van der Waals surface area contributed by atoms with Crippen LogP contribution in [0.2, 0.25) is 0 Å². The molecule has 3 fully saturated rings. The van der Waals surface area contributed by atoms with Gasteiger partial charge in [0.1, 0.15) is 56.3 Å². The van der Waals surface area contributed by atoms with E-state index in [4.69, 9.17) is 90.0 Å². The molecule has 0 aromatic rings. The molecule has 3 saturated heterocycles. The second kappa shape index (κ2) is 58.6. The van der Waals surface area contributed by atoms with Gasteiger partial charge >= 0.3 is 59.7 Å². The molecule has 43 nitrogen and oxygen atoms in total. The lowest BCUT2D eigenvalue weighted by Gasteiger charge is -2.44. The summed E-state index contributed by atoms with van der Waals surface area (Å²) in [5, 5.41) is 19.3. The van der Waals surface area contributed by atoms with Crippen molar-refractivity contribution in [3.8, 4) is 0 Å². The Labute approximate surface area is 703 Å². The number of hydrogen-bond acceptors (Lipinski definition) is 36. The van der Waals surface area contributed by atoms with Gasteiger partial charge in [0.05, 0.1) is 66.6 Å². The molecule has 688 valence electrons. The number of methoxy groups -OCH3 is 1. The molecule has 121 heavy (non-hydrogen) atoms. The molecule has 3 heterocycles. The molecule has 7 N–H and O–H groups in total. The molecule has 43 heteroatoms. The summed E-state index contributed by atoms with van der Waals surface area (Å²) in [6.45, 7) is 10.7. The fourth-order valence-electron chi connectivity index (χ4n) is 13.2. The molecule has 0 aliphatic carbocycles. The number of nitrogens with one attached hydrogen (secondary N) is 7. The van der Waals surface area contributed by atoms with Crippen molar-refractivity contribution in [3.05, 3.63) is 0 Å². The summed E-state index contributed by atoms with van der Waals surface area (Å²) in [4.78, 5) is 214. The van der Waals surface area contributed by atoms with Crippen molar-refractivity contribution in [2.45, 2.75) is 290 Å². The number of amides is 7. The highest BCUT2D eigenvalue weighted by molar-refractivity contribution is 5.81. The van der Waals surface area contributed by atoms with Crippen molar-refractivity contribution in [2.75, 3.05) is 106 Å². The van der Waals surface area contributed by atoms with Crippen LogP contribution in [0.5, 0.6) is 0 Å². The Bertz CT molecular complexity index is 3040. The third-order valence-corrected chi connectivity index (χ3v) is 18.4. The summed E-state index contributed by atoms with van der Waals surface area (Å²) >= 11 is 0. The van der Waals surface area contributed by atoms with Gasteiger partial charge in [-0.25, -0.2) is 0 Å². The van der Waals surface area contributed by atoms with Gasteiger partial charge in [0, 0.05) is 140 Å². The normalized spacial score (nSPS) is 22.8. The average Bonchev–Trinajstić information content (AvgIpc) is 0.776. The maximum Gasteiger partial charge on any atom is 0.305 e. The number of rotatable bonds is 58. The lowest BCUT2D eigenvalue weighted by molar-refractivity contribution is -0.279. The standard InChI is InChI=1S/C78H125N7O36/c1-46(86)82-66-72(116-55(10)95)69(113-52(7)92)58(43-110-49(4)89)119-75(66)107-40-37-104-34-31-79-61(98)25-28-78(85-64(101)23-21-19-17-15-14-16-18-20-22-24-65(102)103-13,29-26-62(99)80-32-35-105-38-41-108-76-67(83-47(2)87)73(117-56(11)96)70(114-53(8)93)59(120-76)44-111-50(5)90)30-27-63(100)81-33-36-106-39-42-109-77-68(84-48(3)88)74(118-57(12)97)71(115-54(9)94)60(121-77)45-112-51(6)91/h58-60,66-77H,14-45H2,1-13H3,(H,79,98)(H,80,99)(H,81,100)(H,82,86)(H,83,87)(H,84,88)(H,85,101)/t58?,59?,60?,66?,67?,68?,69-,70-,71-,72?,73?,74?,75+,76+,77+,78?/m0/s1. The van der Waals surface area contributed by atoms with E-state index in [0.717, 1.165) is 107 Å². The third-order valence-electron chi connectivity index (χ3n) is 18.4. The minimum absolute atomic E-state index is 0.0502. The lowest BCUT2D eigenvalue weighted by atomic mass is 9.82. The van der Waals surface area contributed by atoms with Crippen LogP contribution >= 0.6 is 0 Å². The number of unbranched alkanes of at least 4 members (excludes halogenated alkanes) is 8. The van der Waals surface area contributed by atoms with Crippen LogP contribution in [0.3, 0.4) is 0 Å². The van der Waals surface area contributed by atoms with Gasteiger partial charge in [0.2, 0.25) is 41.4 Å². The van der Waals surface area contributed by atoms with Gasteiger partial charge in [-0.1, -0.05) is 44.9 Å². The highest BCUT2D eigenvalue weighted by Gasteiger charge is 2.54. The van der Waals surface area contributed by atoms with E-state index in [9.17, 15) is 81.5 Å². The molecule has 9 unspecified atom stereocenters. The van der Waals surface area contributed by atoms with Crippen molar-refractivity contribution in [2.24, 2.45) is 0 Å². The van der Waals surface area contributed by atoms with E-state index in [1.54, 1.807) is 0 Å². The van der Waals surface area contributed by atoms with E-state index >= 15 is 0 Å². The van der Waals surface area contributed by atoms with Crippen molar-refractivity contribution in [3.63, 3.8) is 0 Å². The second-order valence-corrected chi connectivity index (χ2v) is 28.7. The van der Waals surface area contributed by atoms with E-state index in [-0.39, 0.29) is 130 Å². The Balaban J connectivity index is 1.86. The molecule has 3 rings (SSSR count). The monoisotopic (exact) mass is 1740 g/mol. The van der Waals surface area contributed by atoms with Crippen molar-refractivity contribution < 1.29 is 172 Å². The molecule has 0 radical (unpaired) electrons. The first-order chi connectivity index (χ1) is 57.4. The first-order valence-corrected chi connectivity index (χ1v) is 40.4. The summed E-state index contributed by atoms with van der Waals surface area (Å²) in [6.07, 6.45) is -9.28. The van der Waals surface area contributed by atoms with E-state index < -0.39 is 212 Å². The van der Waals surface area contributed by atoms with Gasteiger partial charge in [-0.15, -0.1) is 0 Å². The molecule has 0 aromatic carbocycles. The fourth-order valence-corrected chi connectivity index (χ4v) is 13.2. The van der Waals surface area contributed by atoms with Gasteiger partial charge in [-0.2, -0.15) is 0 Å². The Morgan fingerprint density at radius 2 is 0.562 bits per heavy atom. The highest BCUT2D eigenvalue weighted by atomic mass is 16.7. The van der Waals surface area contributed by atoms with Crippen LogP contribution in [0.4, 0.5) is 0 Å². The van der Waals surface area contributed by atoms with Gasteiger partial charge in [-0.3, -0.25) is 81.5 Å². The van der Waals surface area contributed by atoms with E-state index in [2.05, 4.69) is 37.2 Å². The van der Waals surface area contributed by atoms with Crippen molar-refractivity contribution in [1.82, 2.24) is 37.2 Å². The Morgan fingerprint density at radius 1 is 0.298 bits per heavy atom. The maximum absolute atomic E-state index is 14.3. The number of esters is 10. The predicted molar refractivity (Wildman–Crippen MR) is 413 cm³/mol. The number of carbonyl (C=O) groups is 17. The molecule has 0 spiro atoms. The minimum Gasteiger partial charge on any atom is -0.469 e. The molecule has 0 bridgehead atoms. The molecule has 15 atom stereocenters. The summed E-state index contributed by atoms with van der Waals surface area (Å²) in [7, 11) is 1.35. The molecule has 3 aliphatic heterocycles. The average molecular weight is 1740 g/mol. The Morgan fingerprint density at radius 3 is 0.818 bits per heavy atom. The molecule has 3 aliphatic rings. The zero-order chi connectivity index (χ0) is 90.0. The minimum atomic E-state index is -1.40. The third kappa shape index (κ3) is 44.8.